The van der Waals surface area contributed by atoms with Crippen LogP contribution in [0, 0.1) is 0 Å². The first kappa shape index (κ1) is 42.6. The highest BCUT2D eigenvalue weighted by atomic mass is 16.3. The molecule has 3 nitrogen and oxygen atoms in total. The molecule has 3 heterocycles. The van der Waals surface area contributed by atoms with E-state index in [0.717, 1.165) is 46.2 Å². The number of hydrogen-bond donors (Lipinski definition) is 0. The third-order valence-electron chi connectivity index (χ3n) is 15.6. The summed E-state index contributed by atoms with van der Waals surface area (Å²) in [6, 6.07) is 51.3. The second-order valence-electron chi connectivity index (χ2n) is 24.1. The summed E-state index contributed by atoms with van der Waals surface area (Å²) in [7, 11) is 0. The normalized spacial score (nSPS) is 16.3. The van der Waals surface area contributed by atoms with Crippen molar-refractivity contribution in [3.8, 4) is 22.3 Å². The lowest BCUT2D eigenvalue weighted by Crippen LogP contribution is -2.62. The van der Waals surface area contributed by atoms with Crippen molar-refractivity contribution in [1.29, 1.82) is 0 Å². The summed E-state index contributed by atoms with van der Waals surface area (Å²) in [6.07, 6.45) is 2.31. The molecule has 11 rings (SSSR count). The Labute approximate surface area is 394 Å². The molecule has 0 atom stereocenters. The van der Waals surface area contributed by atoms with E-state index in [0.29, 0.717) is 0 Å². The van der Waals surface area contributed by atoms with Crippen LogP contribution in [0.4, 0.5) is 28.4 Å². The number of para-hydroxylation sites is 1. The van der Waals surface area contributed by atoms with Crippen LogP contribution in [0.3, 0.4) is 0 Å². The van der Waals surface area contributed by atoms with Gasteiger partial charge in [-0.1, -0.05) is 163 Å². The molecule has 0 bridgehead atoms. The van der Waals surface area contributed by atoms with Crippen molar-refractivity contribution in [2.75, 3.05) is 9.71 Å². The van der Waals surface area contributed by atoms with Gasteiger partial charge in [-0.3, -0.25) is 0 Å². The molecule has 1 aromatic heterocycles. The average molecular weight is 865 g/mol. The zero-order valence-electron chi connectivity index (χ0n) is 41.5. The van der Waals surface area contributed by atoms with Crippen LogP contribution in [0.5, 0.6) is 0 Å². The monoisotopic (exact) mass is 865 g/mol. The lowest BCUT2D eigenvalue weighted by molar-refractivity contribution is 0.332. The molecule has 0 spiro atoms. The van der Waals surface area contributed by atoms with Crippen LogP contribution in [-0.4, -0.2) is 6.85 Å². The van der Waals surface area contributed by atoms with E-state index >= 15 is 0 Å². The van der Waals surface area contributed by atoms with E-state index in [-0.39, 0.29) is 33.9 Å². The first-order chi connectivity index (χ1) is 31.1. The maximum absolute atomic E-state index is 7.24. The quantitative estimate of drug-likeness (QED) is 0.165. The Morgan fingerprint density at radius 2 is 1.06 bits per heavy atom. The van der Waals surface area contributed by atoms with Crippen LogP contribution in [-0.2, 0) is 27.1 Å². The van der Waals surface area contributed by atoms with Gasteiger partial charge in [-0.25, -0.2) is 0 Å². The Hall–Kier alpha value is -6.00. The summed E-state index contributed by atoms with van der Waals surface area (Å²) in [6.45, 7) is 30.7. The molecule has 4 heteroatoms. The van der Waals surface area contributed by atoms with Gasteiger partial charge in [-0.05, 0) is 145 Å². The molecular formula is C62H65BN2O. The maximum Gasteiger partial charge on any atom is 0.336 e. The first-order valence-electron chi connectivity index (χ1n) is 24.3. The van der Waals surface area contributed by atoms with Crippen molar-refractivity contribution in [1.82, 2.24) is 0 Å². The third kappa shape index (κ3) is 6.52. The molecule has 0 saturated heterocycles. The highest BCUT2D eigenvalue weighted by Crippen LogP contribution is 2.55. The fraction of sp³-hybridized carbons (Fsp3) is 0.323. The predicted molar refractivity (Wildman–Crippen MR) is 284 cm³/mol. The largest absolute Gasteiger partial charge is 0.456 e. The van der Waals surface area contributed by atoms with Crippen LogP contribution >= 0.6 is 0 Å². The maximum atomic E-state index is 7.24. The van der Waals surface area contributed by atoms with Gasteiger partial charge in [0.05, 0.1) is 5.69 Å². The van der Waals surface area contributed by atoms with Gasteiger partial charge >= 0.3 is 6.85 Å². The molecule has 66 heavy (non-hydrogen) atoms. The van der Waals surface area contributed by atoms with E-state index in [2.05, 4.69) is 233 Å². The molecule has 7 aromatic carbocycles. The van der Waals surface area contributed by atoms with Crippen LogP contribution in [0.15, 0.2) is 138 Å². The van der Waals surface area contributed by atoms with Crippen molar-refractivity contribution < 1.29 is 4.42 Å². The van der Waals surface area contributed by atoms with E-state index in [9.17, 15) is 0 Å². The Balaban J connectivity index is 1.33. The molecule has 3 aliphatic rings. The lowest BCUT2D eigenvalue weighted by Gasteiger charge is -2.48. The number of anilines is 5. The van der Waals surface area contributed by atoms with Crippen molar-refractivity contribution >= 4 is 68.1 Å². The van der Waals surface area contributed by atoms with E-state index in [1.165, 1.54) is 78.1 Å². The number of nitrogens with zero attached hydrogens (tertiary/aromatic N) is 2. The Kier molecular flexibility index (Phi) is 9.21. The number of rotatable bonds is 3. The van der Waals surface area contributed by atoms with Crippen molar-refractivity contribution in [3.63, 3.8) is 0 Å². The van der Waals surface area contributed by atoms with Crippen molar-refractivity contribution in [2.45, 2.75) is 130 Å². The zero-order chi connectivity index (χ0) is 46.5. The van der Waals surface area contributed by atoms with Gasteiger partial charge in [0.1, 0.15) is 11.2 Å². The molecule has 0 saturated carbocycles. The van der Waals surface area contributed by atoms with Crippen LogP contribution in [0.2, 0.25) is 0 Å². The summed E-state index contributed by atoms with van der Waals surface area (Å²) in [5.41, 5.74) is 22.3. The number of furan rings is 1. The minimum absolute atomic E-state index is 0.0213. The number of benzene rings is 7. The number of hydrogen-bond acceptors (Lipinski definition) is 3. The van der Waals surface area contributed by atoms with Crippen LogP contribution in [0.1, 0.15) is 131 Å². The molecule has 0 unspecified atom stereocenters. The predicted octanol–water partition coefficient (Wildman–Crippen LogP) is 16.2. The van der Waals surface area contributed by atoms with E-state index in [1.807, 2.05) is 0 Å². The highest BCUT2D eigenvalue weighted by Gasteiger charge is 2.49. The second kappa shape index (κ2) is 14.3. The third-order valence-corrected chi connectivity index (χ3v) is 15.6. The van der Waals surface area contributed by atoms with Gasteiger partial charge in [0.25, 0.3) is 0 Å². The fourth-order valence-corrected chi connectivity index (χ4v) is 11.4. The van der Waals surface area contributed by atoms with Crippen LogP contribution in [0.25, 0.3) is 44.2 Å². The van der Waals surface area contributed by atoms with Crippen LogP contribution < -0.4 is 20.6 Å². The van der Waals surface area contributed by atoms with Crippen molar-refractivity contribution in [3.05, 3.63) is 161 Å². The molecule has 0 amide bonds. The molecule has 0 radical (unpaired) electrons. The van der Waals surface area contributed by atoms with E-state index in [1.54, 1.807) is 0 Å². The topological polar surface area (TPSA) is 19.6 Å². The highest BCUT2D eigenvalue weighted by molar-refractivity contribution is 6.95. The first-order valence-corrected chi connectivity index (χ1v) is 24.3. The zero-order valence-corrected chi connectivity index (χ0v) is 41.5. The molecule has 8 aromatic rings. The molecule has 332 valence electrons. The van der Waals surface area contributed by atoms with E-state index < -0.39 is 0 Å². The summed E-state index contributed by atoms with van der Waals surface area (Å²) < 4.78 is 7.24. The molecular weight excluding hydrogens is 800 g/mol. The Morgan fingerprint density at radius 1 is 0.470 bits per heavy atom. The summed E-state index contributed by atoms with van der Waals surface area (Å²) in [5.74, 6) is 0. The van der Waals surface area contributed by atoms with Gasteiger partial charge in [0.15, 0.2) is 0 Å². The van der Waals surface area contributed by atoms with Gasteiger partial charge in [0.2, 0.25) is 0 Å². The van der Waals surface area contributed by atoms with Crippen molar-refractivity contribution in [2.24, 2.45) is 0 Å². The summed E-state index contributed by atoms with van der Waals surface area (Å²) in [4.78, 5) is 5.31. The smallest absolute Gasteiger partial charge is 0.336 e. The average Bonchev–Trinajstić information content (AvgIpc) is 3.66. The fourth-order valence-electron chi connectivity index (χ4n) is 11.4. The van der Waals surface area contributed by atoms with E-state index in [4.69, 9.17) is 4.42 Å². The van der Waals surface area contributed by atoms with Gasteiger partial charge < -0.3 is 14.1 Å². The number of fused-ring (bicyclic) bond motifs is 9. The Bertz CT molecular complexity index is 3260. The molecule has 2 aliphatic heterocycles. The van der Waals surface area contributed by atoms with Gasteiger partial charge in [-0.2, -0.15) is 0 Å². The summed E-state index contributed by atoms with van der Waals surface area (Å²) >= 11 is 0. The standard InChI is InChI=1S/C62H65BN2O/c1-58(2,3)39-23-26-42(27-24-39)65-52-37-49-48(61(10,11)31-32-62(49,12)13)36-46(52)47-34-41(60(7,8)9)35-53-55(47)63(65)56-51(30-28-44-43-21-17-18-22-54(43)66-57(44)56)64(53)50-29-25-40(59(4,5)6)33-45(50)38-19-15-14-16-20-38/h14-30,33-37H,31-32H2,1-13H3. The molecule has 0 N–H and O–H groups in total. The second-order valence-corrected chi connectivity index (χ2v) is 24.1. The SMILES string of the molecule is CC(C)(C)c1ccc(N2B3c4c(cc(C(C)(C)C)cc4N(c4ccc(C(C)(C)C)cc4-c4ccccc4)c4ccc5c(oc6ccccc65)c43)-c3cc4c(cc32)C(C)(C)CCC4(C)C)cc1. The van der Waals surface area contributed by atoms with Gasteiger partial charge in [0, 0.05) is 50.1 Å². The Morgan fingerprint density at radius 3 is 1.73 bits per heavy atom. The summed E-state index contributed by atoms with van der Waals surface area (Å²) in [5, 5.41) is 2.29. The lowest BCUT2D eigenvalue weighted by atomic mass is 9.42. The molecule has 1 aliphatic carbocycles. The minimum atomic E-state index is -0.195. The minimum Gasteiger partial charge on any atom is -0.456 e. The molecule has 0 fully saturated rings. The van der Waals surface area contributed by atoms with Gasteiger partial charge in [-0.15, -0.1) is 0 Å².